The maximum absolute atomic E-state index is 12.8. The first kappa shape index (κ1) is 16.0. The highest BCUT2D eigenvalue weighted by molar-refractivity contribution is 5.99. The van der Waals surface area contributed by atoms with Crippen LogP contribution in [0, 0.1) is 5.82 Å². The number of nitrogens with one attached hydrogen (secondary N) is 1. The second-order valence-corrected chi connectivity index (χ2v) is 5.39. The smallest absolute Gasteiger partial charge is 0.244 e. The summed E-state index contributed by atoms with van der Waals surface area (Å²) in [6.45, 7) is 2.85. The van der Waals surface area contributed by atoms with Crippen molar-refractivity contribution in [3.63, 3.8) is 0 Å². The number of rotatable bonds is 4. The molecule has 1 amide bonds. The molecule has 0 aliphatic carbocycles. The van der Waals surface area contributed by atoms with Crippen LogP contribution in [0.2, 0.25) is 0 Å². The van der Waals surface area contributed by atoms with E-state index in [0.717, 1.165) is 11.1 Å². The molecule has 3 rings (SSSR count). The quantitative estimate of drug-likeness (QED) is 0.693. The largest absolute Gasteiger partial charge is 0.486 e. The van der Waals surface area contributed by atoms with Crippen LogP contribution < -0.4 is 14.9 Å². The fourth-order valence-corrected chi connectivity index (χ4v) is 2.31. The fraction of sp³-hybridized carbons (Fsp3) is 0.222. The Bertz CT molecular complexity index is 772. The number of hydrogen-bond acceptors (Lipinski definition) is 4. The molecule has 24 heavy (non-hydrogen) atoms. The van der Waals surface area contributed by atoms with Gasteiger partial charge < -0.3 is 9.47 Å². The van der Waals surface area contributed by atoms with Crippen LogP contribution in [0.25, 0.3) is 0 Å². The van der Waals surface area contributed by atoms with E-state index in [1.807, 2.05) is 18.2 Å². The second kappa shape index (κ2) is 7.12. The maximum atomic E-state index is 12.8. The minimum Gasteiger partial charge on any atom is -0.486 e. The zero-order chi connectivity index (χ0) is 16.9. The molecule has 0 saturated carbocycles. The van der Waals surface area contributed by atoms with Gasteiger partial charge in [0.1, 0.15) is 19.0 Å². The first-order valence-electron chi connectivity index (χ1n) is 7.59. The molecule has 0 spiro atoms. The van der Waals surface area contributed by atoms with E-state index in [9.17, 15) is 9.18 Å². The van der Waals surface area contributed by atoms with Gasteiger partial charge in [0.15, 0.2) is 11.5 Å². The van der Waals surface area contributed by atoms with Crippen LogP contribution in [0.5, 0.6) is 11.5 Å². The van der Waals surface area contributed by atoms with Gasteiger partial charge in [-0.05, 0) is 42.8 Å². The molecule has 6 heteroatoms. The molecule has 2 aromatic rings. The lowest BCUT2D eigenvalue weighted by molar-refractivity contribution is -0.120. The van der Waals surface area contributed by atoms with Gasteiger partial charge in [-0.15, -0.1) is 0 Å². The molecule has 1 N–H and O–H groups in total. The number of halogens is 1. The molecule has 0 fully saturated rings. The number of hydrazone groups is 1. The number of ether oxygens (including phenoxy) is 2. The van der Waals surface area contributed by atoms with Gasteiger partial charge in [0.05, 0.1) is 12.1 Å². The Kier molecular flexibility index (Phi) is 4.74. The van der Waals surface area contributed by atoms with E-state index in [1.165, 1.54) is 12.1 Å². The lowest BCUT2D eigenvalue weighted by Crippen LogP contribution is -2.21. The van der Waals surface area contributed by atoms with Gasteiger partial charge in [-0.1, -0.05) is 12.1 Å². The average Bonchev–Trinajstić information content (AvgIpc) is 2.61. The summed E-state index contributed by atoms with van der Waals surface area (Å²) in [5, 5.41) is 4.10. The highest BCUT2D eigenvalue weighted by Crippen LogP contribution is 2.30. The van der Waals surface area contributed by atoms with Crippen molar-refractivity contribution >= 4 is 11.6 Å². The van der Waals surface area contributed by atoms with Gasteiger partial charge in [0.2, 0.25) is 5.91 Å². The lowest BCUT2D eigenvalue weighted by atomic mass is 10.1. The van der Waals surface area contributed by atoms with Crippen LogP contribution in [0.15, 0.2) is 47.6 Å². The van der Waals surface area contributed by atoms with Crippen molar-refractivity contribution in [2.45, 2.75) is 13.3 Å². The lowest BCUT2D eigenvalue weighted by Gasteiger charge is -2.18. The molecule has 124 valence electrons. The van der Waals surface area contributed by atoms with Gasteiger partial charge in [-0.25, -0.2) is 9.82 Å². The van der Waals surface area contributed by atoms with Crippen LogP contribution in [-0.2, 0) is 11.2 Å². The summed E-state index contributed by atoms with van der Waals surface area (Å²) in [6.07, 6.45) is 0.137. The summed E-state index contributed by atoms with van der Waals surface area (Å²) in [5.74, 6) is 0.786. The predicted molar refractivity (Wildman–Crippen MR) is 87.9 cm³/mol. The second-order valence-electron chi connectivity index (χ2n) is 5.39. The molecule has 1 aliphatic heterocycles. The van der Waals surface area contributed by atoms with Gasteiger partial charge in [-0.3, -0.25) is 4.79 Å². The topological polar surface area (TPSA) is 59.9 Å². The van der Waals surface area contributed by atoms with Gasteiger partial charge in [-0.2, -0.15) is 5.10 Å². The Labute approximate surface area is 139 Å². The van der Waals surface area contributed by atoms with Crippen LogP contribution in [-0.4, -0.2) is 24.8 Å². The molecule has 1 heterocycles. The number of benzene rings is 2. The average molecular weight is 328 g/mol. The van der Waals surface area contributed by atoms with E-state index in [2.05, 4.69) is 10.5 Å². The number of hydrogen-bond donors (Lipinski definition) is 1. The number of fused-ring (bicyclic) bond motifs is 1. The van der Waals surface area contributed by atoms with Crippen LogP contribution in [0.3, 0.4) is 0 Å². The molecule has 0 radical (unpaired) electrons. The van der Waals surface area contributed by atoms with Crippen molar-refractivity contribution in [1.82, 2.24) is 5.43 Å². The standard InChI is InChI=1S/C18H17FN2O3/c1-12(14-4-7-16-17(11-14)24-9-8-23-16)20-21-18(22)10-13-2-5-15(19)6-3-13/h2-7,11H,8-10H2,1H3,(H,21,22)/b20-12-. The Morgan fingerprint density at radius 1 is 1.12 bits per heavy atom. The van der Waals surface area contributed by atoms with E-state index in [4.69, 9.17) is 9.47 Å². The highest BCUT2D eigenvalue weighted by atomic mass is 19.1. The van der Waals surface area contributed by atoms with Crippen LogP contribution >= 0.6 is 0 Å². The Morgan fingerprint density at radius 3 is 2.58 bits per heavy atom. The molecular formula is C18H17FN2O3. The van der Waals surface area contributed by atoms with E-state index in [1.54, 1.807) is 19.1 Å². The van der Waals surface area contributed by atoms with Crippen molar-refractivity contribution in [1.29, 1.82) is 0 Å². The van der Waals surface area contributed by atoms with E-state index < -0.39 is 0 Å². The Hall–Kier alpha value is -2.89. The summed E-state index contributed by atoms with van der Waals surface area (Å²) in [7, 11) is 0. The summed E-state index contributed by atoms with van der Waals surface area (Å²) < 4.78 is 23.8. The van der Waals surface area contributed by atoms with E-state index in [-0.39, 0.29) is 18.1 Å². The minimum absolute atomic E-state index is 0.137. The number of amides is 1. The Balaban J connectivity index is 1.63. The highest BCUT2D eigenvalue weighted by Gasteiger charge is 2.12. The molecule has 0 atom stereocenters. The monoisotopic (exact) mass is 328 g/mol. The third kappa shape index (κ3) is 3.90. The molecule has 2 aromatic carbocycles. The molecule has 0 aromatic heterocycles. The fourth-order valence-electron chi connectivity index (χ4n) is 2.31. The first-order chi connectivity index (χ1) is 11.6. The predicted octanol–water partition coefficient (Wildman–Crippen LogP) is 2.68. The van der Waals surface area contributed by atoms with Gasteiger partial charge in [0.25, 0.3) is 0 Å². The summed E-state index contributed by atoms with van der Waals surface area (Å²) >= 11 is 0. The number of nitrogens with zero attached hydrogens (tertiary/aromatic N) is 1. The third-order valence-electron chi connectivity index (χ3n) is 3.59. The van der Waals surface area contributed by atoms with Crippen molar-refractivity contribution in [3.8, 4) is 11.5 Å². The van der Waals surface area contributed by atoms with E-state index in [0.29, 0.717) is 30.4 Å². The summed E-state index contributed by atoms with van der Waals surface area (Å²) in [5.41, 5.74) is 4.72. The van der Waals surface area contributed by atoms with Crippen molar-refractivity contribution < 1.29 is 18.7 Å². The van der Waals surface area contributed by atoms with Crippen molar-refractivity contribution in [3.05, 3.63) is 59.4 Å². The SMILES string of the molecule is C/C(=N/NC(=O)Cc1ccc(F)cc1)c1ccc2c(c1)OCCO2. The van der Waals surface area contributed by atoms with Crippen LogP contribution in [0.4, 0.5) is 4.39 Å². The van der Waals surface area contributed by atoms with Crippen molar-refractivity contribution in [2.75, 3.05) is 13.2 Å². The van der Waals surface area contributed by atoms with Crippen molar-refractivity contribution in [2.24, 2.45) is 5.10 Å². The summed E-state index contributed by atoms with van der Waals surface area (Å²) in [6, 6.07) is 11.3. The molecule has 1 aliphatic rings. The van der Waals surface area contributed by atoms with E-state index >= 15 is 0 Å². The van der Waals surface area contributed by atoms with Crippen LogP contribution in [0.1, 0.15) is 18.1 Å². The third-order valence-corrected chi connectivity index (χ3v) is 3.59. The normalized spacial score (nSPS) is 13.5. The Morgan fingerprint density at radius 2 is 1.83 bits per heavy atom. The first-order valence-corrected chi connectivity index (χ1v) is 7.59. The maximum Gasteiger partial charge on any atom is 0.244 e. The molecule has 0 bridgehead atoms. The van der Waals surface area contributed by atoms with Gasteiger partial charge in [0, 0.05) is 5.56 Å². The molecule has 0 saturated heterocycles. The van der Waals surface area contributed by atoms with Gasteiger partial charge >= 0.3 is 0 Å². The number of carbonyl (C=O) groups is 1. The minimum atomic E-state index is -0.327. The zero-order valence-corrected chi connectivity index (χ0v) is 13.2. The number of carbonyl (C=O) groups excluding carboxylic acids is 1. The molecule has 0 unspecified atom stereocenters. The summed E-state index contributed by atoms with van der Waals surface area (Å²) in [4.78, 5) is 11.9. The molecular weight excluding hydrogens is 311 g/mol. The molecule has 5 nitrogen and oxygen atoms in total. The zero-order valence-electron chi connectivity index (χ0n) is 13.2.